The van der Waals surface area contributed by atoms with Gasteiger partial charge in [-0.2, -0.15) is 0 Å². The molecule has 0 aromatic rings. The zero-order valence-electron chi connectivity index (χ0n) is 21.2. The third-order valence-corrected chi connectivity index (χ3v) is 12.4. The quantitative estimate of drug-likeness (QED) is 0.466. The van der Waals surface area contributed by atoms with Crippen molar-refractivity contribution in [3.63, 3.8) is 0 Å². The molecule has 30 heavy (non-hydrogen) atoms. The molecule has 172 valence electrons. The molecule has 4 saturated carbocycles. The lowest BCUT2D eigenvalue weighted by Crippen LogP contribution is -2.65. The van der Waals surface area contributed by atoms with Crippen LogP contribution in [0.4, 0.5) is 0 Å². The zero-order chi connectivity index (χ0) is 22.1. The SMILES string of the molecule is C=C1CCC2(C)CCC3(C)C(CCC4C(C)(CCO)C(C(C)C)CCC43C)C2C1C. The van der Waals surface area contributed by atoms with E-state index < -0.39 is 0 Å². The molecule has 0 spiro atoms. The Morgan fingerprint density at radius 3 is 2.30 bits per heavy atom. The maximum absolute atomic E-state index is 10.1. The molecule has 0 aromatic carbocycles. The maximum atomic E-state index is 10.1. The average molecular weight is 415 g/mol. The van der Waals surface area contributed by atoms with Gasteiger partial charge in [0, 0.05) is 6.61 Å². The summed E-state index contributed by atoms with van der Waals surface area (Å²) >= 11 is 0. The molecular formula is C29H50O. The molecule has 9 unspecified atom stereocenters. The molecule has 0 bridgehead atoms. The van der Waals surface area contributed by atoms with Gasteiger partial charge in [-0.05, 0) is 115 Å². The van der Waals surface area contributed by atoms with Gasteiger partial charge in [0.05, 0.1) is 0 Å². The van der Waals surface area contributed by atoms with Crippen LogP contribution in [-0.2, 0) is 0 Å². The molecule has 4 aliphatic rings. The van der Waals surface area contributed by atoms with Gasteiger partial charge >= 0.3 is 0 Å². The van der Waals surface area contributed by atoms with Crippen LogP contribution in [0.3, 0.4) is 0 Å². The molecule has 0 amide bonds. The van der Waals surface area contributed by atoms with Gasteiger partial charge in [-0.15, -0.1) is 0 Å². The van der Waals surface area contributed by atoms with Crippen LogP contribution in [-0.4, -0.2) is 11.7 Å². The van der Waals surface area contributed by atoms with Gasteiger partial charge in [0.15, 0.2) is 0 Å². The highest BCUT2D eigenvalue weighted by molar-refractivity contribution is 5.20. The Balaban J connectivity index is 1.75. The van der Waals surface area contributed by atoms with Crippen molar-refractivity contribution in [2.24, 2.45) is 57.2 Å². The second kappa shape index (κ2) is 7.36. The Kier molecular flexibility index (Phi) is 5.61. The van der Waals surface area contributed by atoms with E-state index in [1.807, 2.05) is 0 Å². The Hall–Kier alpha value is -0.300. The minimum absolute atomic E-state index is 0.284. The van der Waals surface area contributed by atoms with Gasteiger partial charge in [-0.25, -0.2) is 0 Å². The maximum Gasteiger partial charge on any atom is 0.0436 e. The van der Waals surface area contributed by atoms with Crippen molar-refractivity contribution in [2.75, 3.05) is 6.61 Å². The van der Waals surface area contributed by atoms with Gasteiger partial charge in [-0.3, -0.25) is 0 Å². The van der Waals surface area contributed by atoms with Crippen molar-refractivity contribution in [2.45, 2.75) is 106 Å². The number of allylic oxidation sites excluding steroid dienone is 1. The molecule has 4 fully saturated rings. The fourth-order valence-electron chi connectivity index (χ4n) is 10.5. The lowest BCUT2D eigenvalue weighted by atomic mass is 9.33. The fraction of sp³-hybridized carbons (Fsp3) is 0.931. The molecular weight excluding hydrogens is 364 g/mol. The highest BCUT2D eigenvalue weighted by atomic mass is 16.3. The van der Waals surface area contributed by atoms with Gasteiger partial charge in [0.25, 0.3) is 0 Å². The van der Waals surface area contributed by atoms with E-state index in [4.69, 9.17) is 0 Å². The molecule has 0 radical (unpaired) electrons. The van der Waals surface area contributed by atoms with Crippen molar-refractivity contribution < 1.29 is 5.11 Å². The number of hydrogen-bond donors (Lipinski definition) is 1. The Bertz CT molecular complexity index is 680. The van der Waals surface area contributed by atoms with E-state index in [1.165, 1.54) is 56.9 Å². The minimum atomic E-state index is 0.284. The molecule has 4 aliphatic carbocycles. The smallest absolute Gasteiger partial charge is 0.0436 e. The van der Waals surface area contributed by atoms with Crippen LogP contribution in [0.2, 0.25) is 0 Å². The first-order valence-electron chi connectivity index (χ1n) is 13.2. The molecule has 1 nitrogen and oxygen atoms in total. The predicted molar refractivity (Wildman–Crippen MR) is 128 cm³/mol. The van der Waals surface area contributed by atoms with Crippen molar-refractivity contribution in [1.82, 2.24) is 0 Å². The summed E-state index contributed by atoms with van der Waals surface area (Å²) in [7, 11) is 0. The highest BCUT2D eigenvalue weighted by Crippen LogP contribution is 2.75. The summed E-state index contributed by atoms with van der Waals surface area (Å²) in [4.78, 5) is 0. The molecule has 4 rings (SSSR count). The van der Waals surface area contributed by atoms with Crippen molar-refractivity contribution in [3.8, 4) is 0 Å². The molecule has 1 N–H and O–H groups in total. The summed E-state index contributed by atoms with van der Waals surface area (Å²) < 4.78 is 0. The third kappa shape index (κ3) is 2.89. The normalized spacial score (nSPS) is 53.8. The molecule has 9 atom stereocenters. The second-order valence-corrected chi connectivity index (χ2v) is 13.6. The van der Waals surface area contributed by atoms with Crippen LogP contribution in [0.1, 0.15) is 106 Å². The Morgan fingerprint density at radius 2 is 1.67 bits per heavy atom. The van der Waals surface area contributed by atoms with E-state index in [1.54, 1.807) is 0 Å². The summed E-state index contributed by atoms with van der Waals surface area (Å²) in [5.74, 6) is 4.58. The van der Waals surface area contributed by atoms with Gasteiger partial charge in [-0.1, -0.05) is 60.6 Å². The first kappa shape index (κ1) is 22.9. The van der Waals surface area contributed by atoms with Crippen LogP contribution >= 0.6 is 0 Å². The van der Waals surface area contributed by atoms with Gasteiger partial charge < -0.3 is 5.11 Å². The average Bonchev–Trinajstić information content (AvgIpc) is 2.66. The molecule has 0 heterocycles. The molecule has 0 aliphatic heterocycles. The lowest BCUT2D eigenvalue weighted by molar-refractivity contribution is -0.230. The van der Waals surface area contributed by atoms with Crippen LogP contribution in [0.25, 0.3) is 0 Å². The van der Waals surface area contributed by atoms with Crippen LogP contribution < -0.4 is 0 Å². The second-order valence-electron chi connectivity index (χ2n) is 13.6. The van der Waals surface area contributed by atoms with E-state index in [9.17, 15) is 5.11 Å². The monoisotopic (exact) mass is 414 g/mol. The van der Waals surface area contributed by atoms with Crippen LogP contribution in [0.5, 0.6) is 0 Å². The van der Waals surface area contributed by atoms with Gasteiger partial charge in [0.1, 0.15) is 0 Å². The Labute approximate surface area is 187 Å². The van der Waals surface area contributed by atoms with Crippen molar-refractivity contribution >= 4 is 0 Å². The van der Waals surface area contributed by atoms with Crippen molar-refractivity contribution in [1.29, 1.82) is 0 Å². The topological polar surface area (TPSA) is 20.2 Å². The van der Waals surface area contributed by atoms with Crippen molar-refractivity contribution in [3.05, 3.63) is 12.2 Å². The van der Waals surface area contributed by atoms with E-state index in [2.05, 4.69) is 55.0 Å². The number of aliphatic hydroxyl groups is 1. The molecule has 0 aromatic heterocycles. The van der Waals surface area contributed by atoms with Crippen LogP contribution in [0.15, 0.2) is 12.2 Å². The summed E-state index contributed by atoms with van der Waals surface area (Å²) in [6.45, 7) is 22.8. The zero-order valence-corrected chi connectivity index (χ0v) is 21.2. The highest BCUT2D eigenvalue weighted by Gasteiger charge is 2.67. The minimum Gasteiger partial charge on any atom is -0.396 e. The number of rotatable bonds is 3. The third-order valence-electron chi connectivity index (χ3n) is 12.4. The summed E-state index contributed by atoms with van der Waals surface area (Å²) in [5, 5.41) is 10.1. The van der Waals surface area contributed by atoms with Crippen LogP contribution in [0, 0.1) is 57.2 Å². The van der Waals surface area contributed by atoms with E-state index in [0.29, 0.717) is 34.7 Å². The predicted octanol–water partition coefficient (Wildman–Crippen LogP) is 7.88. The first-order valence-corrected chi connectivity index (χ1v) is 13.2. The van der Waals surface area contributed by atoms with Gasteiger partial charge in [0.2, 0.25) is 0 Å². The van der Waals surface area contributed by atoms with E-state index in [0.717, 1.165) is 30.1 Å². The standard InChI is InChI=1S/C29H50O/c1-19(2)22-12-14-29(8)24(27(22,6)17-18-30)10-9-23-25-21(4)20(3)11-13-26(25,5)15-16-28(23,29)7/h19,21-25,30H,3,9-18H2,1-2,4-8H3. The molecule has 1 heteroatoms. The largest absolute Gasteiger partial charge is 0.396 e. The summed E-state index contributed by atoms with van der Waals surface area (Å²) in [6.07, 6.45) is 12.0. The summed E-state index contributed by atoms with van der Waals surface area (Å²) in [6, 6.07) is 0. The number of hydrogen-bond acceptors (Lipinski definition) is 1. The lowest BCUT2D eigenvalue weighted by Gasteiger charge is -2.72. The van der Waals surface area contributed by atoms with E-state index >= 15 is 0 Å². The summed E-state index contributed by atoms with van der Waals surface area (Å²) in [5.41, 5.74) is 3.18. The number of aliphatic hydroxyl groups excluding tert-OH is 1. The fourth-order valence-corrected chi connectivity index (χ4v) is 10.5. The Morgan fingerprint density at radius 1 is 0.967 bits per heavy atom. The molecule has 0 saturated heterocycles. The number of fused-ring (bicyclic) bond motifs is 5. The first-order chi connectivity index (χ1) is 13.9. The van der Waals surface area contributed by atoms with E-state index in [-0.39, 0.29) is 5.41 Å².